The summed E-state index contributed by atoms with van der Waals surface area (Å²) in [6.45, 7) is 1.87. The van der Waals surface area contributed by atoms with Crippen molar-refractivity contribution in [2.24, 2.45) is 0 Å². The summed E-state index contributed by atoms with van der Waals surface area (Å²) in [5.41, 5.74) is 1.58. The first kappa shape index (κ1) is 16.2. The van der Waals surface area contributed by atoms with Crippen LogP contribution in [0.5, 0.6) is 5.75 Å². The van der Waals surface area contributed by atoms with Gasteiger partial charge in [-0.2, -0.15) is 0 Å². The Labute approximate surface area is 138 Å². The number of phenolic OH excluding ortho intramolecular Hbond substituents is 1. The summed E-state index contributed by atoms with van der Waals surface area (Å²) in [4.78, 5) is 13.6. The lowest BCUT2D eigenvalue weighted by Gasteiger charge is -2.34. The van der Waals surface area contributed by atoms with Crippen molar-refractivity contribution in [1.82, 2.24) is 4.90 Å². The van der Waals surface area contributed by atoms with Crippen LogP contribution < -0.4 is 0 Å². The molecule has 0 spiro atoms. The topological polar surface area (TPSA) is 40.5 Å². The summed E-state index contributed by atoms with van der Waals surface area (Å²) < 4.78 is 27.6. The third-order valence-corrected chi connectivity index (χ3v) is 4.21. The minimum Gasteiger partial charge on any atom is -0.508 e. The van der Waals surface area contributed by atoms with Crippen molar-refractivity contribution in [3.63, 3.8) is 0 Å². The van der Waals surface area contributed by atoms with Crippen molar-refractivity contribution in [1.29, 1.82) is 0 Å². The van der Waals surface area contributed by atoms with Gasteiger partial charge in [-0.1, -0.05) is 18.2 Å². The van der Waals surface area contributed by atoms with E-state index in [9.17, 15) is 18.7 Å². The predicted molar refractivity (Wildman–Crippen MR) is 87.2 cm³/mol. The van der Waals surface area contributed by atoms with Crippen LogP contribution in [0.1, 0.15) is 30.5 Å². The molecule has 0 saturated carbocycles. The maximum Gasteiger partial charge on any atom is 0.220 e. The molecule has 1 amide bonds. The second kappa shape index (κ2) is 6.43. The van der Waals surface area contributed by atoms with Crippen LogP contribution >= 0.6 is 0 Å². The van der Waals surface area contributed by atoms with Crippen molar-refractivity contribution in [3.05, 3.63) is 71.3 Å². The van der Waals surface area contributed by atoms with Crippen molar-refractivity contribution < 1.29 is 18.7 Å². The molecule has 1 heterocycles. The number of phenols is 1. The standard InChI is InChI=1S/C19H17F2NO2/c1-12(23)22-8-7-13(17-11-15(20)5-6-18(17)21)10-19(22)14-3-2-4-16(24)9-14/h2-6,9-11,19,24H,7-8H2,1H3. The van der Waals surface area contributed by atoms with Gasteiger partial charge in [0.1, 0.15) is 17.4 Å². The zero-order valence-electron chi connectivity index (χ0n) is 13.2. The van der Waals surface area contributed by atoms with E-state index in [4.69, 9.17) is 0 Å². The maximum absolute atomic E-state index is 14.1. The van der Waals surface area contributed by atoms with Gasteiger partial charge < -0.3 is 10.0 Å². The van der Waals surface area contributed by atoms with Crippen molar-refractivity contribution in [3.8, 4) is 5.75 Å². The number of benzene rings is 2. The molecule has 1 unspecified atom stereocenters. The number of carbonyl (C=O) groups excluding carboxylic acids is 1. The van der Waals surface area contributed by atoms with Gasteiger partial charge in [-0.25, -0.2) is 8.78 Å². The van der Waals surface area contributed by atoms with Crippen molar-refractivity contribution in [2.45, 2.75) is 19.4 Å². The van der Waals surface area contributed by atoms with Crippen LogP contribution in [0.4, 0.5) is 8.78 Å². The number of carbonyl (C=O) groups is 1. The van der Waals surface area contributed by atoms with E-state index in [0.717, 1.165) is 17.7 Å². The van der Waals surface area contributed by atoms with E-state index in [-0.39, 0.29) is 17.2 Å². The molecule has 24 heavy (non-hydrogen) atoms. The molecule has 1 aliphatic heterocycles. The highest BCUT2D eigenvalue weighted by molar-refractivity contribution is 5.77. The first-order valence-electron chi connectivity index (χ1n) is 7.68. The molecule has 2 aromatic carbocycles. The van der Waals surface area contributed by atoms with Gasteiger partial charge in [-0.05, 0) is 47.9 Å². The predicted octanol–water partition coefficient (Wildman–Crippen LogP) is 4.05. The van der Waals surface area contributed by atoms with E-state index in [1.54, 1.807) is 35.2 Å². The van der Waals surface area contributed by atoms with E-state index in [2.05, 4.69) is 0 Å². The highest BCUT2D eigenvalue weighted by atomic mass is 19.1. The number of amides is 1. The van der Waals surface area contributed by atoms with Crippen LogP contribution in [-0.4, -0.2) is 22.5 Å². The Kier molecular flexibility index (Phi) is 4.34. The second-order valence-corrected chi connectivity index (χ2v) is 5.82. The van der Waals surface area contributed by atoms with Crippen LogP contribution in [0.3, 0.4) is 0 Å². The van der Waals surface area contributed by atoms with E-state index >= 15 is 0 Å². The van der Waals surface area contributed by atoms with Crippen molar-refractivity contribution >= 4 is 11.5 Å². The van der Waals surface area contributed by atoms with Crippen LogP contribution in [0.25, 0.3) is 5.57 Å². The fraction of sp³-hybridized carbons (Fsp3) is 0.211. The molecule has 0 bridgehead atoms. The van der Waals surface area contributed by atoms with Crippen LogP contribution in [0, 0.1) is 11.6 Å². The lowest BCUT2D eigenvalue weighted by molar-refractivity contribution is -0.130. The summed E-state index contributed by atoms with van der Waals surface area (Å²) in [5, 5.41) is 9.70. The molecule has 0 saturated heterocycles. The first-order chi connectivity index (χ1) is 11.5. The summed E-state index contributed by atoms with van der Waals surface area (Å²) in [5.74, 6) is -1.02. The Hall–Kier alpha value is -2.69. The Bertz CT molecular complexity index is 817. The molecule has 124 valence electrons. The highest BCUT2D eigenvalue weighted by Crippen LogP contribution is 2.35. The zero-order valence-corrected chi connectivity index (χ0v) is 13.2. The smallest absolute Gasteiger partial charge is 0.220 e. The van der Waals surface area contributed by atoms with E-state index < -0.39 is 17.7 Å². The van der Waals surface area contributed by atoms with Gasteiger partial charge in [0, 0.05) is 19.0 Å². The minimum atomic E-state index is -0.504. The summed E-state index contributed by atoms with van der Waals surface area (Å²) in [7, 11) is 0. The quantitative estimate of drug-likeness (QED) is 0.903. The normalized spacial score (nSPS) is 17.5. The number of rotatable bonds is 2. The minimum absolute atomic E-state index is 0.0912. The fourth-order valence-corrected chi connectivity index (χ4v) is 3.05. The SMILES string of the molecule is CC(=O)N1CCC(c2cc(F)ccc2F)=CC1c1cccc(O)c1. The Morgan fingerprint density at radius 2 is 2.00 bits per heavy atom. The Morgan fingerprint density at radius 3 is 2.71 bits per heavy atom. The van der Waals surface area contributed by atoms with Gasteiger partial charge in [-0.15, -0.1) is 0 Å². The average Bonchev–Trinajstić information content (AvgIpc) is 2.56. The molecular weight excluding hydrogens is 312 g/mol. The summed E-state index contributed by atoms with van der Waals surface area (Å²) in [6, 6.07) is 9.52. The third kappa shape index (κ3) is 3.15. The molecule has 2 aromatic rings. The van der Waals surface area contributed by atoms with Gasteiger partial charge in [0.2, 0.25) is 5.91 Å². The number of hydrogen-bond donors (Lipinski definition) is 1. The van der Waals surface area contributed by atoms with E-state index in [1.807, 2.05) is 0 Å². The number of aromatic hydroxyl groups is 1. The lowest BCUT2D eigenvalue weighted by Crippen LogP contribution is -2.35. The van der Waals surface area contributed by atoms with Gasteiger partial charge >= 0.3 is 0 Å². The zero-order chi connectivity index (χ0) is 17.3. The number of nitrogens with zero attached hydrogens (tertiary/aromatic N) is 1. The van der Waals surface area contributed by atoms with E-state index in [1.165, 1.54) is 13.0 Å². The van der Waals surface area contributed by atoms with E-state index in [0.29, 0.717) is 18.5 Å². The summed E-state index contributed by atoms with van der Waals surface area (Å²) >= 11 is 0. The van der Waals surface area contributed by atoms with Crippen molar-refractivity contribution in [2.75, 3.05) is 6.54 Å². The molecule has 0 radical (unpaired) electrons. The molecule has 1 aliphatic rings. The largest absolute Gasteiger partial charge is 0.508 e. The molecule has 3 rings (SSSR count). The van der Waals surface area contributed by atoms with Gasteiger partial charge in [0.15, 0.2) is 0 Å². The fourth-order valence-electron chi connectivity index (χ4n) is 3.05. The molecule has 0 fully saturated rings. The van der Waals surface area contributed by atoms with Crippen LogP contribution in [0.2, 0.25) is 0 Å². The molecular formula is C19H17F2NO2. The molecule has 0 aliphatic carbocycles. The van der Waals surface area contributed by atoms with Gasteiger partial charge in [-0.3, -0.25) is 4.79 Å². The first-order valence-corrected chi connectivity index (χ1v) is 7.68. The second-order valence-electron chi connectivity index (χ2n) is 5.82. The number of hydrogen-bond acceptors (Lipinski definition) is 2. The Balaban J connectivity index is 2.07. The monoisotopic (exact) mass is 329 g/mol. The van der Waals surface area contributed by atoms with Crippen LogP contribution in [0.15, 0.2) is 48.5 Å². The maximum atomic E-state index is 14.1. The molecule has 1 atom stereocenters. The number of halogens is 2. The van der Waals surface area contributed by atoms with Gasteiger partial charge in [0.25, 0.3) is 0 Å². The van der Waals surface area contributed by atoms with Crippen LogP contribution in [-0.2, 0) is 4.79 Å². The van der Waals surface area contributed by atoms with Gasteiger partial charge in [0.05, 0.1) is 6.04 Å². The average molecular weight is 329 g/mol. The third-order valence-electron chi connectivity index (χ3n) is 4.21. The molecule has 3 nitrogen and oxygen atoms in total. The molecule has 5 heteroatoms. The Morgan fingerprint density at radius 1 is 1.21 bits per heavy atom. The molecule has 0 aromatic heterocycles. The lowest BCUT2D eigenvalue weighted by atomic mass is 9.92. The summed E-state index contributed by atoms with van der Waals surface area (Å²) in [6.07, 6.45) is 2.20. The highest BCUT2D eigenvalue weighted by Gasteiger charge is 2.27. The molecule has 1 N–H and O–H groups in total.